The summed E-state index contributed by atoms with van der Waals surface area (Å²) in [6.07, 6.45) is 0.836. The quantitative estimate of drug-likeness (QED) is 0.692. The molecule has 0 aliphatic heterocycles. The van der Waals surface area contributed by atoms with Crippen LogP contribution in [0.15, 0.2) is 18.2 Å². The molecule has 78 valence electrons. The molecule has 1 aromatic rings. The van der Waals surface area contributed by atoms with Crippen LogP contribution in [0.4, 0.5) is 0 Å². The van der Waals surface area contributed by atoms with Gasteiger partial charge in [-0.15, -0.1) is 0 Å². The van der Waals surface area contributed by atoms with Gasteiger partial charge in [-0.1, -0.05) is 13.8 Å². The highest BCUT2D eigenvalue weighted by atomic mass is 16.3. The van der Waals surface area contributed by atoms with Crippen molar-refractivity contribution in [1.82, 2.24) is 0 Å². The lowest BCUT2D eigenvalue weighted by Crippen LogP contribution is -2.12. The van der Waals surface area contributed by atoms with Crippen molar-refractivity contribution < 1.29 is 10.2 Å². The van der Waals surface area contributed by atoms with Crippen LogP contribution >= 0.6 is 0 Å². The van der Waals surface area contributed by atoms with Crippen LogP contribution in [0, 0.1) is 5.92 Å². The van der Waals surface area contributed by atoms with E-state index in [1.165, 1.54) is 6.07 Å². The zero-order valence-electron chi connectivity index (χ0n) is 8.57. The minimum atomic E-state index is -0.131. The number of hydrogen-bond donors (Lipinski definition) is 3. The van der Waals surface area contributed by atoms with Crippen LogP contribution in [-0.2, 0) is 0 Å². The maximum absolute atomic E-state index is 9.26. The zero-order chi connectivity index (χ0) is 10.7. The van der Waals surface area contributed by atoms with Crippen LogP contribution in [0.25, 0.3) is 0 Å². The Morgan fingerprint density at radius 3 is 2.07 bits per heavy atom. The summed E-state index contributed by atoms with van der Waals surface area (Å²) in [6, 6.07) is 4.35. The topological polar surface area (TPSA) is 66.5 Å². The van der Waals surface area contributed by atoms with Gasteiger partial charge in [0.15, 0.2) is 0 Å². The van der Waals surface area contributed by atoms with Crippen LogP contribution in [0.3, 0.4) is 0 Å². The molecule has 0 fully saturated rings. The van der Waals surface area contributed by atoms with E-state index in [0.29, 0.717) is 5.92 Å². The lowest BCUT2D eigenvalue weighted by molar-refractivity contribution is 0.444. The summed E-state index contributed by atoms with van der Waals surface area (Å²) in [6.45, 7) is 4.17. The largest absolute Gasteiger partial charge is 0.508 e. The first-order valence-electron chi connectivity index (χ1n) is 4.77. The van der Waals surface area contributed by atoms with Gasteiger partial charge in [-0.25, -0.2) is 0 Å². The van der Waals surface area contributed by atoms with E-state index in [2.05, 4.69) is 13.8 Å². The van der Waals surface area contributed by atoms with Gasteiger partial charge in [0.05, 0.1) is 0 Å². The van der Waals surface area contributed by atoms with E-state index in [9.17, 15) is 10.2 Å². The third-order valence-electron chi connectivity index (χ3n) is 2.08. The molecule has 14 heavy (non-hydrogen) atoms. The third-order valence-corrected chi connectivity index (χ3v) is 2.08. The summed E-state index contributed by atoms with van der Waals surface area (Å²) in [7, 11) is 0. The molecule has 0 aliphatic rings. The average Bonchev–Trinajstić information content (AvgIpc) is 2.00. The van der Waals surface area contributed by atoms with E-state index < -0.39 is 0 Å². The zero-order valence-corrected chi connectivity index (χ0v) is 8.57. The van der Waals surface area contributed by atoms with Crippen molar-refractivity contribution in [2.24, 2.45) is 11.7 Å². The Kier molecular flexibility index (Phi) is 3.36. The fourth-order valence-electron chi connectivity index (χ4n) is 1.48. The van der Waals surface area contributed by atoms with E-state index in [-0.39, 0.29) is 17.5 Å². The van der Waals surface area contributed by atoms with Gasteiger partial charge in [-0.2, -0.15) is 0 Å². The van der Waals surface area contributed by atoms with E-state index in [0.717, 1.165) is 12.0 Å². The maximum atomic E-state index is 9.26. The second-order valence-electron chi connectivity index (χ2n) is 4.02. The van der Waals surface area contributed by atoms with Gasteiger partial charge in [0, 0.05) is 12.1 Å². The van der Waals surface area contributed by atoms with Crippen molar-refractivity contribution in [2.45, 2.75) is 26.3 Å². The van der Waals surface area contributed by atoms with Gasteiger partial charge >= 0.3 is 0 Å². The van der Waals surface area contributed by atoms with E-state index >= 15 is 0 Å². The predicted molar refractivity (Wildman–Crippen MR) is 56.2 cm³/mol. The molecule has 1 aromatic carbocycles. The van der Waals surface area contributed by atoms with Crippen molar-refractivity contribution >= 4 is 0 Å². The van der Waals surface area contributed by atoms with Gasteiger partial charge in [0.2, 0.25) is 0 Å². The minimum absolute atomic E-state index is 0.0548. The average molecular weight is 195 g/mol. The van der Waals surface area contributed by atoms with Crippen LogP contribution in [0.5, 0.6) is 11.5 Å². The summed E-state index contributed by atoms with van der Waals surface area (Å²) < 4.78 is 0. The Hall–Kier alpha value is -1.22. The first-order valence-corrected chi connectivity index (χ1v) is 4.77. The van der Waals surface area contributed by atoms with Crippen molar-refractivity contribution in [1.29, 1.82) is 0 Å². The molecule has 0 spiro atoms. The summed E-state index contributed by atoms with van der Waals surface area (Å²) in [4.78, 5) is 0. The number of aromatic hydroxyl groups is 2. The standard InChI is InChI=1S/C11H17NO2/c1-7(2)3-11(12)8-4-9(13)6-10(14)5-8/h4-7,11,13-14H,3,12H2,1-2H3/t11-/m0/s1. The number of nitrogens with two attached hydrogens (primary N) is 1. The summed E-state index contributed by atoms with van der Waals surface area (Å²) in [5.41, 5.74) is 6.69. The number of hydrogen-bond acceptors (Lipinski definition) is 3. The molecule has 3 nitrogen and oxygen atoms in total. The summed E-state index contributed by atoms with van der Waals surface area (Å²) in [5, 5.41) is 18.5. The molecule has 0 saturated carbocycles. The van der Waals surface area contributed by atoms with Crippen LogP contribution in [0.2, 0.25) is 0 Å². The van der Waals surface area contributed by atoms with Crippen molar-refractivity contribution in [3.05, 3.63) is 23.8 Å². The van der Waals surface area contributed by atoms with Gasteiger partial charge < -0.3 is 15.9 Å². The molecule has 0 amide bonds. The Bertz CT molecular complexity index is 290. The van der Waals surface area contributed by atoms with Crippen LogP contribution in [-0.4, -0.2) is 10.2 Å². The molecule has 0 aromatic heterocycles. The van der Waals surface area contributed by atoms with Crippen molar-refractivity contribution in [3.63, 3.8) is 0 Å². The molecule has 1 rings (SSSR count). The molecule has 0 unspecified atom stereocenters. The molecule has 0 heterocycles. The maximum Gasteiger partial charge on any atom is 0.119 e. The van der Waals surface area contributed by atoms with Crippen molar-refractivity contribution in [2.75, 3.05) is 0 Å². The lowest BCUT2D eigenvalue weighted by atomic mass is 9.97. The Balaban J connectivity index is 2.84. The summed E-state index contributed by atoms with van der Waals surface area (Å²) >= 11 is 0. The van der Waals surface area contributed by atoms with Gasteiger partial charge in [-0.05, 0) is 30.0 Å². The lowest BCUT2D eigenvalue weighted by Gasteiger charge is -2.14. The number of benzene rings is 1. The molecule has 4 N–H and O–H groups in total. The van der Waals surface area contributed by atoms with E-state index in [1.54, 1.807) is 12.1 Å². The number of rotatable bonds is 3. The SMILES string of the molecule is CC(C)C[C@H](N)c1cc(O)cc(O)c1. The molecular weight excluding hydrogens is 178 g/mol. The Labute approximate surface area is 84.2 Å². The molecular formula is C11H17NO2. The second-order valence-corrected chi connectivity index (χ2v) is 4.02. The summed E-state index contributed by atoms with van der Waals surface area (Å²) in [5.74, 6) is 0.605. The fourth-order valence-corrected chi connectivity index (χ4v) is 1.48. The van der Waals surface area contributed by atoms with Crippen LogP contribution in [0.1, 0.15) is 31.9 Å². The molecule has 1 atom stereocenters. The molecule has 0 bridgehead atoms. The smallest absolute Gasteiger partial charge is 0.119 e. The van der Waals surface area contributed by atoms with Gasteiger partial charge in [-0.3, -0.25) is 0 Å². The second kappa shape index (κ2) is 4.33. The molecule has 0 radical (unpaired) electrons. The van der Waals surface area contributed by atoms with Crippen LogP contribution < -0.4 is 5.73 Å². The fraction of sp³-hybridized carbons (Fsp3) is 0.455. The van der Waals surface area contributed by atoms with Gasteiger partial charge in [0.25, 0.3) is 0 Å². The molecule has 0 aliphatic carbocycles. The predicted octanol–water partition coefficient (Wildman–Crippen LogP) is 2.14. The first kappa shape index (κ1) is 10.9. The third kappa shape index (κ3) is 2.92. The normalized spacial score (nSPS) is 13.1. The highest BCUT2D eigenvalue weighted by molar-refractivity contribution is 5.37. The Morgan fingerprint density at radius 2 is 1.64 bits per heavy atom. The van der Waals surface area contributed by atoms with E-state index in [4.69, 9.17) is 5.73 Å². The highest BCUT2D eigenvalue weighted by Gasteiger charge is 2.10. The van der Waals surface area contributed by atoms with Crippen molar-refractivity contribution in [3.8, 4) is 11.5 Å². The first-order chi connectivity index (χ1) is 6.49. The Morgan fingerprint density at radius 1 is 1.14 bits per heavy atom. The monoisotopic (exact) mass is 195 g/mol. The van der Waals surface area contributed by atoms with E-state index in [1.807, 2.05) is 0 Å². The minimum Gasteiger partial charge on any atom is -0.508 e. The molecule has 0 saturated heterocycles. The highest BCUT2D eigenvalue weighted by Crippen LogP contribution is 2.26. The number of phenols is 2. The molecule has 3 heteroatoms. The van der Waals surface area contributed by atoms with Gasteiger partial charge in [0.1, 0.15) is 11.5 Å². The number of phenolic OH excluding ortho intramolecular Hbond substituents is 2.